The molecule has 26 heavy (non-hydrogen) atoms. The third-order valence-electron chi connectivity index (χ3n) is 3.35. The number of alkyl halides is 3. The van der Waals surface area contributed by atoms with Gasteiger partial charge in [0.2, 0.25) is 10.0 Å². The van der Waals surface area contributed by atoms with Gasteiger partial charge in [0.05, 0.1) is 9.82 Å². The van der Waals surface area contributed by atoms with Crippen molar-refractivity contribution < 1.29 is 31.2 Å². The van der Waals surface area contributed by atoms with E-state index in [1.54, 1.807) is 0 Å². The molecule has 0 unspecified atom stereocenters. The lowest BCUT2D eigenvalue weighted by atomic mass is 10.2. The fraction of sp³-hybridized carbons (Fsp3) is 0.200. The van der Waals surface area contributed by atoms with Crippen molar-refractivity contribution in [1.82, 2.24) is 4.31 Å². The Morgan fingerprint density at radius 1 is 1.12 bits per heavy atom. The van der Waals surface area contributed by atoms with E-state index in [4.69, 9.17) is 0 Å². The molecule has 0 bridgehead atoms. The standard InChI is InChI=1S/C15H13F3N2O5S/c1-19(10-11-4-2-3-5-14(11)25-15(16,17)18)26(23,24)13-8-6-12(7-9-13)20(21)22/h2-9H,10H2,1H3. The Hall–Kier alpha value is -2.66. The maximum absolute atomic E-state index is 12.5. The average molecular weight is 390 g/mol. The number of para-hydroxylation sites is 1. The highest BCUT2D eigenvalue weighted by Crippen LogP contribution is 2.28. The molecular formula is C15H13F3N2O5S. The van der Waals surface area contributed by atoms with Crippen molar-refractivity contribution in [1.29, 1.82) is 0 Å². The van der Waals surface area contributed by atoms with Gasteiger partial charge in [-0.05, 0) is 18.2 Å². The lowest BCUT2D eigenvalue weighted by molar-refractivity contribution is -0.384. The third-order valence-corrected chi connectivity index (χ3v) is 5.16. The van der Waals surface area contributed by atoms with Crippen LogP contribution in [0.25, 0.3) is 0 Å². The topological polar surface area (TPSA) is 89.8 Å². The second kappa shape index (κ2) is 7.30. The average Bonchev–Trinajstić information content (AvgIpc) is 2.55. The summed E-state index contributed by atoms with van der Waals surface area (Å²) in [6.07, 6.45) is -4.91. The molecule has 0 saturated carbocycles. The van der Waals surface area contributed by atoms with Gasteiger partial charge in [-0.25, -0.2) is 8.42 Å². The van der Waals surface area contributed by atoms with Crippen molar-refractivity contribution in [2.24, 2.45) is 0 Å². The van der Waals surface area contributed by atoms with Crippen LogP contribution in [-0.4, -0.2) is 31.1 Å². The Morgan fingerprint density at radius 2 is 1.69 bits per heavy atom. The van der Waals surface area contributed by atoms with Crippen LogP contribution in [0.15, 0.2) is 53.4 Å². The zero-order valence-electron chi connectivity index (χ0n) is 13.3. The van der Waals surface area contributed by atoms with Crippen LogP contribution in [0.4, 0.5) is 18.9 Å². The van der Waals surface area contributed by atoms with E-state index in [0.29, 0.717) is 0 Å². The largest absolute Gasteiger partial charge is 0.573 e. The van der Waals surface area contributed by atoms with Gasteiger partial charge in [-0.15, -0.1) is 13.2 Å². The first-order valence-corrected chi connectivity index (χ1v) is 8.49. The van der Waals surface area contributed by atoms with Crippen LogP contribution in [0.2, 0.25) is 0 Å². The zero-order valence-corrected chi connectivity index (χ0v) is 14.1. The zero-order chi connectivity index (χ0) is 19.5. The summed E-state index contributed by atoms with van der Waals surface area (Å²) in [5.74, 6) is -0.509. The van der Waals surface area contributed by atoms with Crippen LogP contribution in [0.5, 0.6) is 5.75 Å². The lowest BCUT2D eigenvalue weighted by Gasteiger charge is -2.19. The molecule has 11 heteroatoms. The van der Waals surface area contributed by atoms with Gasteiger partial charge in [-0.3, -0.25) is 10.1 Å². The van der Waals surface area contributed by atoms with Gasteiger partial charge in [0, 0.05) is 31.3 Å². The van der Waals surface area contributed by atoms with Crippen LogP contribution < -0.4 is 4.74 Å². The molecule has 0 spiro atoms. The lowest BCUT2D eigenvalue weighted by Crippen LogP contribution is -2.27. The molecule has 140 valence electrons. The first-order valence-electron chi connectivity index (χ1n) is 7.05. The second-order valence-electron chi connectivity index (χ2n) is 5.17. The van der Waals surface area contributed by atoms with Crippen LogP contribution in [0.3, 0.4) is 0 Å². The van der Waals surface area contributed by atoms with Gasteiger partial charge in [0.15, 0.2) is 0 Å². The number of benzene rings is 2. The highest BCUT2D eigenvalue weighted by molar-refractivity contribution is 7.89. The molecule has 0 aliphatic rings. The Labute approximate surface area is 146 Å². The Bertz CT molecular complexity index is 898. The Morgan fingerprint density at radius 3 is 2.23 bits per heavy atom. The summed E-state index contributed by atoms with van der Waals surface area (Å²) >= 11 is 0. The molecular weight excluding hydrogens is 377 g/mol. The maximum Gasteiger partial charge on any atom is 0.573 e. The number of hydrogen-bond acceptors (Lipinski definition) is 5. The fourth-order valence-corrected chi connectivity index (χ4v) is 3.25. The van der Waals surface area contributed by atoms with E-state index < -0.39 is 27.1 Å². The van der Waals surface area contributed by atoms with E-state index in [2.05, 4.69) is 4.74 Å². The van der Waals surface area contributed by atoms with E-state index in [-0.39, 0.29) is 22.7 Å². The molecule has 2 aromatic rings. The Kier molecular flexibility index (Phi) is 5.52. The summed E-state index contributed by atoms with van der Waals surface area (Å²) in [4.78, 5) is 9.73. The first-order chi connectivity index (χ1) is 12.0. The molecule has 0 atom stereocenters. The third kappa shape index (κ3) is 4.70. The van der Waals surface area contributed by atoms with Gasteiger partial charge < -0.3 is 4.74 Å². The van der Waals surface area contributed by atoms with Gasteiger partial charge >= 0.3 is 6.36 Å². The summed E-state index contributed by atoms with van der Waals surface area (Å²) in [5.41, 5.74) is -0.270. The van der Waals surface area contributed by atoms with E-state index in [0.717, 1.165) is 34.6 Å². The van der Waals surface area contributed by atoms with E-state index in [1.165, 1.54) is 25.2 Å². The predicted octanol–water partition coefficient (Wildman–Crippen LogP) is 3.31. The minimum atomic E-state index is -4.91. The number of non-ortho nitro benzene ring substituents is 1. The molecule has 0 fully saturated rings. The van der Waals surface area contributed by atoms with Gasteiger partial charge in [-0.2, -0.15) is 4.31 Å². The minimum Gasteiger partial charge on any atom is -0.405 e. The summed E-state index contributed by atoms with van der Waals surface area (Å²) < 4.78 is 67.1. The SMILES string of the molecule is CN(Cc1ccccc1OC(F)(F)F)S(=O)(=O)c1ccc([N+](=O)[O-])cc1. The van der Waals surface area contributed by atoms with Crippen molar-refractivity contribution >= 4 is 15.7 Å². The summed E-state index contributed by atoms with van der Waals surface area (Å²) in [6.45, 7) is -0.383. The van der Waals surface area contributed by atoms with E-state index in [9.17, 15) is 31.7 Å². The monoisotopic (exact) mass is 390 g/mol. The molecule has 0 radical (unpaired) electrons. The molecule has 2 aromatic carbocycles. The van der Waals surface area contributed by atoms with Gasteiger partial charge in [0.1, 0.15) is 5.75 Å². The number of halogens is 3. The highest BCUT2D eigenvalue weighted by Gasteiger charge is 2.32. The smallest absolute Gasteiger partial charge is 0.405 e. The van der Waals surface area contributed by atoms with Gasteiger partial charge in [-0.1, -0.05) is 18.2 Å². The van der Waals surface area contributed by atoms with Crippen molar-refractivity contribution in [2.75, 3.05) is 7.05 Å². The number of nitro benzene ring substituents is 1. The molecule has 0 aliphatic heterocycles. The number of ether oxygens (including phenoxy) is 1. The molecule has 2 rings (SSSR count). The summed E-state index contributed by atoms with van der Waals surface area (Å²) in [6, 6.07) is 9.34. The van der Waals surface area contributed by atoms with Crippen LogP contribution in [0.1, 0.15) is 5.56 Å². The van der Waals surface area contributed by atoms with Crippen LogP contribution in [-0.2, 0) is 16.6 Å². The number of sulfonamides is 1. The molecule has 0 aliphatic carbocycles. The number of hydrogen-bond donors (Lipinski definition) is 0. The molecule has 0 heterocycles. The molecule has 0 aromatic heterocycles. The quantitative estimate of drug-likeness (QED) is 0.558. The van der Waals surface area contributed by atoms with E-state index in [1.807, 2.05) is 0 Å². The maximum atomic E-state index is 12.5. The summed E-state index contributed by atoms with van der Waals surface area (Å²) in [7, 11) is -2.88. The number of nitrogens with zero attached hydrogens (tertiary/aromatic N) is 2. The fourth-order valence-electron chi connectivity index (χ4n) is 2.10. The molecule has 0 N–H and O–H groups in total. The normalized spacial score (nSPS) is 12.2. The minimum absolute atomic E-state index is 0.0119. The number of rotatable bonds is 6. The first kappa shape index (κ1) is 19.7. The van der Waals surface area contributed by atoms with Gasteiger partial charge in [0.25, 0.3) is 5.69 Å². The summed E-state index contributed by atoms with van der Waals surface area (Å²) in [5, 5.41) is 10.6. The van der Waals surface area contributed by atoms with Crippen molar-refractivity contribution in [2.45, 2.75) is 17.8 Å². The van der Waals surface area contributed by atoms with Crippen molar-refractivity contribution in [3.63, 3.8) is 0 Å². The molecule has 7 nitrogen and oxygen atoms in total. The predicted molar refractivity (Wildman–Crippen MR) is 84.9 cm³/mol. The molecule has 0 amide bonds. The van der Waals surface area contributed by atoms with Crippen molar-refractivity contribution in [3.05, 3.63) is 64.2 Å². The number of nitro groups is 1. The van der Waals surface area contributed by atoms with Crippen LogP contribution >= 0.6 is 0 Å². The van der Waals surface area contributed by atoms with Crippen LogP contribution in [0, 0.1) is 10.1 Å². The Balaban J connectivity index is 2.26. The van der Waals surface area contributed by atoms with E-state index >= 15 is 0 Å². The molecule has 0 saturated heterocycles. The second-order valence-corrected chi connectivity index (χ2v) is 7.21. The highest BCUT2D eigenvalue weighted by atomic mass is 32.2. The van der Waals surface area contributed by atoms with Crippen molar-refractivity contribution in [3.8, 4) is 5.75 Å².